The van der Waals surface area contributed by atoms with E-state index in [1.54, 1.807) is 11.3 Å². The number of nitrogens with zero attached hydrogens (tertiary/aromatic N) is 3. The monoisotopic (exact) mass is 451 g/mol. The third-order valence-electron chi connectivity index (χ3n) is 4.89. The highest BCUT2D eigenvalue weighted by atomic mass is 35.5. The number of benzene rings is 2. The first-order valence-electron chi connectivity index (χ1n) is 9.42. The number of carbonyl (C=O) groups is 1. The molecule has 4 nitrogen and oxygen atoms in total. The van der Waals surface area contributed by atoms with Gasteiger partial charge in [-0.25, -0.2) is 4.98 Å². The summed E-state index contributed by atoms with van der Waals surface area (Å²) < 4.78 is 1.11. The van der Waals surface area contributed by atoms with Gasteiger partial charge in [0, 0.05) is 11.6 Å². The van der Waals surface area contributed by atoms with Crippen LogP contribution < -0.4 is 4.90 Å². The van der Waals surface area contributed by atoms with Gasteiger partial charge in [-0.3, -0.25) is 9.69 Å². The fraction of sp³-hybridized carbons (Fsp3) is 0.364. The van der Waals surface area contributed by atoms with Crippen molar-refractivity contribution in [1.29, 1.82) is 0 Å². The van der Waals surface area contributed by atoms with Crippen LogP contribution in [0.15, 0.2) is 36.4 Å². The molecule has 29 heavy (non-hydrogen) atoms. The van der Waals surface area contributed by atoms with E-state index in [1.807, 2.05) is 43.3 Å². The lowest BCUT2D eigenvalue weighted by molar-refractivity contribution is -0.118. The lowest BCUT2D eigenvalue weighted by Gasteiger charge is -2.21. The Labute approximate surface area is 187 Å². The van der Waals surface area contributed by atoms with Crippen LogP contribution in [0.2, 0.25) is 5.02 Å². The first kappa shape index (κ1) is 23.6. The van der Waals surface area contributed by atoms with Crippen molar-refractivity contribution in [3.05, 3.63) is 58.1 Å². The molecule has 2 aromatic carbocycles. The summed E-state index contributed by atoms with van der Waals surface area (Å²) in [4.78, 5) is 22.0. The Morgan fingerprint density at radius 2 is 1.83 bits per heavy atom. The van der Waals surface area contributed by atoms with Crippen molar-refractivity contribution >= 4 is 56.6 Å². The second-order valence-electron chi connectivity index (χ2n) is 7.32. The van der Waals surface area contributed by atoms with E-state index in [1.165, 1.54) is 11.1 Å². The maximum atomic E-state index is 13.2. The van der Waals surface area contributed by atoms with Crippen LogP contribution in [0.3, 0.4) is 0 Å². The molecule has 0 aliphatic carbocycles. The maximum absolute atomic E-state index is 13.2. The second kappa shape index (κ2) is 10.4. The summed E-state index contributed by atoms with van der Waals surface area (Å²) in [5.74, 6) is 0.0280. The SMILES string of the molecule is Cc1ccc2sc(N(CCCN(C)C)C(=O)Cc3ccccc3Cl)nc2c1C.Cl. The van der Waals surface area contributed by atoms with Crippen LogP contribution in [0.25, 0.3) is 10.2 Å². The van der Waals surface area contributed by atoms with Crippen molar-refractivity contribution < 1.29 is 4.79 Å². The Hall–Kier alpha value is -1.66. The van der Waals surface area contributed by atoms with Gasteiger partial charge in [-0.15, -0.1) is 12.4 Å². The third kappa shape index (κ3) is 5.70. The fourth-order valence-corrected chi connectivity index (χ4v) is 4.37. The average Bonchev–Trinajstić information content (AvgIpc) is 3.08. The summed E-state index contributed by atoms with van der Waals surface area (Å²) >= 11 is 7.85. The molecule has 0 radical (unpaired) electrons. The zero-order valence-corrected chi connectivity index (χ0v) is 19.6. The molecule has 7 heteroatoms. The second-order valence-corrected chi connectivity index (χ2v) is 8.74. The van der Waals surface area contributed by atoms with Crippen LogP contribution in [0.5, 0.6) is 0 Å². The molecule has 0 N–H and O–H groups in total. The smallest absolute Gasteiger partial charge is 0.233 e. The van der Waals surface area contributed by atoms with E-state index in [-0.39, 0.29) is 24.7 Å². The Morgan fingerprint density at radius 1 is 1.10 bits per heavy atom. The van der Waals surface area contributed by atoms with E-state index < -0.39 is 0 Å². The number of aromatic nitrogens is 1. The van der Waals surface area contributed by atoms with Gasteiger partial charge < -0.3 is 4.90 Å². The Bertz CT molecular complexity index is 987. The fourth-order valence-electron chi connectivity index (χ4n) is 3.10. The predicted molar refractivity (Wildman–Crippen MR) is 127 cm³/mol. The zero-order valence-electron chi connectivity index (χ0n) is 17.2. The first-order valence-corrected chi connectivity index (χ1v) is 10.6. The molecule has 0 fully saturated rings. The van der Waals surface area contributed by atoms with Gasteiger partial charge in [0.2, 0.25) is 5.91 Å². The molecule has 0 saturated heterocycles. The number of thiazole rings is 1. The molecule has 1 heterocycles. The van der Waals surface area contributed by atoms with E-state index in [9.17, 15) is 4.79 Å². The molecule has 0 spiro atoms. The molecule has 0 unspecified atom stereocenters. The number of anilines is 1. The number of halogens is 2. The summed E-state index contributed by atoms with van der Waals surface area (Å²) in [6.07, 6.45) is 1.16. The number of hydrogen-bond donors (Lipinski definition) is 0. The minimum absolute atomic E-state index is 0. The molecule has 1 aromatic heterocycles. The van der Waals surface area contributed by atoms with Crippen LogP contribution in [0.4, 0.5) is 5.13 Å². The van der Waals surface area contributed by atoms with Gasteiger partial charge in [0.05, 0.1) is 16.6 Å². The van der Waals surface area contributed by atoms with E-state index in [2.05, 4.69) is 30.9 Å². The summed E-state index contributed by atoms with van der Waals surface area (Å²) in [7, 11) is 4.08. The summed E-state index contributed by atoms with van der Waals surface area (Å²) in [5.41, 5.74) is 4.22. The Morgan fingerprint density at radius 3 is 2.52 bits per heavy atom. The zero-order chi connectivity index (χ0) is 20.3. The molecule has 0 aliphatic rings. The summed E-state index contributed by atoms with van der Waals surface area (Å²) in [6.45, 7) is 5.73. The number of fused-ring (bicyclic) bond motifs is 1. The molecular weight excluding hydrogens is 425 g/mol. The molecule has 0 saturated carbocycles. The van der Waals surface area contributed by atoms with Gasteiger partial charge in [0.25, 0.3) is 0 Å². The molecule has 3 aromatic rings. The van der Waals surface area contributed by atoms with E-state index in [0.29, 0.717) is 11.6 Å². The highest BCUT2D eigenvalue weighted by molar-refractivity contribution is 7.22. The van der Waals surface area contributed by atoms with Crippen molar-refractivity contribution in [2.75, 3.05) is 32.1 Å². The van der Waals surface area contributed by atoms with Gasteiger partial charge in [-0.1, -0.05) is 47.2 Å². The van der Waals surface area contributed by atoms with Crippen molar-refractivity contribution in [3.63, 3.8) is 0 Å². The lowest BCUT2D eigenvalue weighted by Crippen LogP contribution is -2.34. The number of amides is 1. The van der Waals surface area contributed by atoms with Crippen molar-refractivity contribution in [2.24, 2.45) is 0 Å². The van der Waals surface area contributed by atoms with Crippen LogP contribution in [0, 0.1) is 13.8 Å². The summed E-state index contributed by atoms with van der Waals surface area (Å²) in [5, 5.41) is 1.39. The summed E-state index contributed by atoms with van der Waals surface area (Å²) in [6, 6.07) is 11.7. The van der Waals surface area contributed by atoms with Crippen LogP contribution >= 0.6 is 35.3 Å². The molecule has 156 valence electrons. The van der Waals surface area contributed by atoms with Crippen molar-refractivity contribution in [1.82, 2.24) is 9.88 Å². The van der Waals surface area contributed by atoms with Gasteiger partial charge in [-0.2, -0.15) is 0 Å². The Kier molecular flexibility index (Phi) is 8.46. The number of rotatable bonds is 7. The largest absolute Gasteiger partial charge is 0.309 e. The molecule has 0 aliphatic heterocycles. The molecule has 0 bridgehead atoms. The topological polar surface area (TPSA) is 36.4 Å². The van der Waals surface area contributed by atoms with Crippen molar-refractivity contribution in [3.8, 4) is 0 Å². The van der Waals surface area contributed by atoms with Gasteiger partial charge in [0.15, 0.2) is 5.13 Å². The predicted octanol–water partition coefficient (Wildman–Crippen LogP) is 5.52. The molecular formula is C22H27Cl2N3OS. The molecule has 1 amide bonds. The standard InChI is InChI=1S/C22H26ClN3OS.ClH/c1-15-10-11-19-21(16(15)2)24-22(28-19)26(13-7-12-25(3)4)20(27)14-17-8-5-6-9-18(17)23;/h5-6,8-11H,7,12-14H2,1-4H3;1H. The van der Waals surface area contributed by atoms with Gasteiger partial charge in [-0.05, 0) is 69.7 Å². The maximum Gasteiger partial charge on any atom is 0.233 e. The molecule has 3 rings (SSSR count). The number of aryl methyl sites for hydroxylation is 2. The lowest BCUT2D eigenvalue weighted by atomic mass is 10.1. The minimum atomic E-state index is 0. The van der Waals surface area contributed by atoms with Gasteiger partial charge >= 0.3 is 0 Å². The highest BCUT2D eigenvalue weighted by Gasteiger charge is 2.21. The molecule has 0 atom stereocenters. The van der Waals surface area contributed by atoms with Gasteiger partial charge in [0.1, 0.15) is 0 Å². The minimum Gasteiger partial charge on any atom is -0.309 e. The quantitative estimate of drug-likeness (QED) is 0.474. The normalized spacial score (nSPS) is 11.0. The van der Waals surface area contributed by atoms with Crippen LogP contribution in [-0.2, 0) is 11.2 Å². The van der Waals surface area contributed by atoms with Crippen molar-refractivity contribution in [2.45, 2.75) is 26.7 Å². The van der Waals surface area contributed by atoms with E-state index in [0.717, 1.165) is 33.9 Å². The Balaban J connectivity index is 0.00000300. The highest BCUT2D eigenvalue weighted by Crippen LogP contribution is 2.32. The number of hydrogen-bond acceptors (Lipinski definition) is 4. The third-order valence-corrected chi connectivity index (χ3v) is 6.30. The number of carbonyl (C=O) groups excluding carboxylic acids is 1. The van der Waals surface area contributed by atoms with Crippen LogP contribution in [0.1, 0.15) is 23.1 Å². The van der Waals surface area contributed by atoms with E-state index in [4.69, 9.17) is 16.6 Å². The first-order chi connectivity index (χ1) is 13.4. The average molecular weight is 452 g/mol. The van der Waals surface area contributed by atoms with E-state index >= 15 is 0 Å². The van der Waals surface area contributed by atoms with Crippen LogP contribution in [-0.4, -0.2) is 43.0 Å².